The van der Waals surface area contributed by atoms with E-state index in [0.29, 0.717) is 17.9 Å². The zero-order chi connectivity index (χ0) is 14.7. The van der Waals surface area contributed by atoms with Gasteiger partial charge in [-0.15, -0.1) is 10.2 Å². The molecule has 0 saturated heterocycles. The lowest BCUT2D eigenvalue weighted by Gasteiger charge is -2.13. The molecule has 0 saturated carbocycles. The molecule has 0 amide bonds. The molecule has 0 aliphatic heterocycles. The van der Waals surface area contributed by atoms with Crippen molar-refractivity contribution in [3.8, 4) is 11.8 Å². The van der Waals surface area contributed by atoms with Crippen LogP contribution in [0.25, 0.3) is 0 Å². The molecule has 2 aromatic heterocycles. The van der Waals surface area contributed by atoms with Crippen molar-refractivity contribution in [2.45, 2.75) is 33.6 Å². The van der Waals surface area contributed by atoms with Gasteiger partial charge in [-0.3, -0.25) is 10.5 Å². The highest BCUT2D eigenvalue weighted by molar-refractivity contribution is 5.98. The summed E-state index contributed by atoms with van der Waals surface area (Å²) in [5.74, 6) is 0.525. The van der Waals surface area contributed by atoms with E-state index < -0.39 is 0 Å². The molecular weight excluding hydrogens is 256 g/mol. The van der Waals surface area contributed by atoms with Gasteiger partial charge in [-0.05, 0) is 25.3 Å². The number of ether oxygens (including phenoxy) is 1. The number of aromatic nitrogens is 4. The second-order valence-corrected chi connectivity index (χ2v) is 4.42. The van der Waals surface area contributed by atoms with E-state index >= 15 is 0 Å². The minimum atomic E-state index is -0.0753. The predicted octanol–water partition coefficient (Wildman–Crippen LogP) is 1.71. The molecule has 0 aliphatic rings. The van der Waals surface area contributed by atoms with Crippen molar-refractivity contribution in [2.75, 3.05) is 0 Å². The van der Waals surface area contributed by atoms with Gasteiger partial charge in [0, 0.05) is 11.8 Å². The molecule has 2 aromatic rings. The van der Waals surface area contributed by atoms with Crippen LogP contribution in [-0.4, -0.2) is 26.2 Å². The number of amidine groups is 1. The third kappa shape index (κ3) is 2.61. The Labute approximate surface area is 117 Å². The first-order valence-electron chi connectivity index (χ1n) is 6.49. The van der Waals surface area contributed by atoms with Crippen LogP contribution in [0.1, 0.15) is 36.4 Å². The molecule has 2 heterocycles. The summed E-state index contributed by atoms with van der Waals surface area (Å²) in [6, 6.07) is 1.74. The highest BCUT2D eigenvalue weighted by Crippen LogP contribution is 2.26. The molecule has 0 unspecified atom stereocenters. The molecule has 7 heteroatoms. The number of nitrogen functional groups attached to an aromatic ring is 1. The first-order chi connectivity index (χ1) is 9.56. The van der Waals surface area contributed by atoms with Crippen LogP contribution in [0.3, 0.4) is 0 Å². The second kappa shape index (κ2) is 5.68. The molecule has 0 aromatic carbocycles. The van der Waals surface area contributed by atoms with Gasteiger partial charge in [0.2, 0.25) is 5.88 Å². The smallest absolute Gasteiger partial charge is 0.252 e. The van der Waals surface area contributed by atoms with Crippen LogP contribution in [0.4, 0.5) is 0 Å². The fraction of sp³-hybridized carbons (Fsp3) is 0.385. The summed E-state index contributed by atoms with van der Waals surface area (Å²) in [6.45, 7) is 5.85. The Bertz CT molecular complexity index is 634. The lowest BCUT2D eigenvalue weighted by molar-refractivity contribution is 0.433. The summed E-state index contributed by atoms with van der Waals surface area (Å²) in [7, 11) is 0. The van der Waals surface area contributed by atoms with Crippen molar-refractivity contribution in [3.63, 3.8) is 0 Å². The second-order valence-electron chi connectivity index (χ2n) is 4.42. The third-order valence-electron chi connectivity index (χ3n) is 2.97. The topological polar surface area (TPSA) is 114 Å². The zero-order valence-electron chi connectivity index (χ0n) is 11.8. The number of nitrogens with zero attached hydrogens (tertiary/aromatic N) is 3. The largest absolute Gasteiger partial charge is 0.417 e. The molecular formula is C13H18N6O. The average molecular weight is 274 g/mol. The summed E-state index contributed by atoms with van der Waals surface area (Å²) in [5.41, 5.74) is 8.79. The number of rotatable bonds is 5. The molecule has 0 fully saturated rings. The van der Waals surface area contributed by atoms with Crippen molar-refractivity contribution in [1.82, 2.24) is 20.4 Å². The van der Waals surface area contributed by atoms with Crippen molar-refractivity contribution in [2.24, 2.45) is 5.73 Å². The Morgan fingerprint density at radius 2 is 2.10 bits per heavy atom. The highest BCUT2D eigenvalue weighted by Gasteiger charge is 2.19. The summed E-state index contributed by atoms with van der Waals surface area (Å²) < 4.78 is 5.60. The van der Waals surface area contributed by atoms with Crippen LogP contribution in [0.2, 0.25) is 0 Å². The molecule has 0 atom stereocenters. The summed E-state index contributed by atoms with van der Waals surface area (Å²) in [5, 5.41) is 22.7. The zero-order valence-corrected chi connectivity index (χ0v) is 11.8. The van der Waals surface area contributed by atoms with Gasteiger partial charge < -0.3 is 10.5 Å². The van der Waals surface area contributed by atoms with Crippen molar-refractivity contribution in [3.05, 3.63) is 28.6 Å². The van der Waals surface area contributed by atoms with Gasteiger partial charge in [-0.25, -0.2) is 0 Å². The van der Waals surface area contributed by atoms with Gasteiger partial charge in [0.05, 0.1) is 11.3 Å². The third-order valence-corrected chi connectivity index (χ3v) is 2.97. The minimum Gasteiger partial charge on any atom is -0.417 e. The van der Waals surface area contributed by atoms with Gasteiger partial charge in [0.25, 0.3) is 5.88 Å². The SMILES string of the molecule is CCc1nnc(Oc2cc(C)[nH]n2)c(C(=N)N)c1CC. The molecule has 20 heavy (non-hydrogen) atoms. The van der Waals surface area contributed by atoms with E-state index in [1.807, 2.05) is 20.8 Å². The average Bonchev–Trinajstić information content (AvgIpc) is 2.83. The summed E-state index contributed by atoms with van der Waals surface area (Å²) in [4.78, 5) is 0. The summed E-state index contributed by atoms with van der Waals surface area (Å²) >= 11 is 0. The van der Waals surface area contributed by atoms with Crippen molar-refractivity contribution in [1.29, 1.82) is 5.41 Å². The number of nitrogens with two attached hydrogens (primary N) is 1. The van der Waals surface area contributed by atoms with Gasteiger partial charge in [-0.2, -0.15) is 5.10 Å². The molecule has 2 rings (SSSR count). The van der Waals surface area contributed by atoms with Gasteiger partial charge in [0.15, 0.2) is 0 Å². The van der Waals surface area contributed by atoms with Crippen LogP contribution >= 0.6 is 0 Å². The fourth-order valence-corrected chi connectivity index (χ4v) is 2.05. The van der Waals surface area contributed by atoms with Crippen molar-refractivity contribution >= 4 is 5.84 Å². The van der Waals surface area contributed by atoms with E-state index in [1.54, 1.807) is 6.07 Å². The molecule has 0 radical (unpaired) electrons. The minimum absolute atomic E-state index is 0.0753. The van der Waals surface area contributed by atoms with Gasteiger partial charge >= 0.3 is 0 Å². The van der Waals surface area contributed by atoms with E-state index in [2.05, 4.69) is 20.4 Å². The normalized spacial score (nSPS) is 10.6. The lowest BCUT2D eigenvalue weighted by Crippen LogP contribution is -2.18. The maximum absolute atomic E-state index is 7.76. The number of aryl methyl sites for hydroxylation is 2. The van der Waals surface area contributed by atoms with E-state index in [0.717, 1.165) is 23.4 Å². The number of aromatic amines is 1. The molecule has 7 nitrogen and oxygen atoms in total. The van der Waals surface area contributed by atoms with Crippen LogP contribution in [0.15, 0.2) is 6.07 Å². The van der Waals surface area contributed by atoms with Gasteiger partial charge in [-0.1, -0.05) is 13.8 Å². The molecule has 0 spiro atoms. The van der Waals surface area contributed by atoms with Crippen LogP contribution in [-0.2, 0) is 12.8 Å². The molecule has 4 N–H and O–H groups in total. The first kappa shape index (κ1) is 14.0. The van der Waals surface area contributed by atoms with Gasteiger partial charge in [0.1, 0.15) is 5.84 Å². The van der Waals surface area contributed by atoms with E-state index in [1.165, 1.54) is 0 Å². The van der Waals surface area contributed by atoms with Crippen molar-refractivity contribution < 1.29 is 4.74 Å². The monoisotopic (exact) mass is 274 g/mol. The molecule has 106 valence electrons. The van der Waals surface area contributed by atoms with E-state index in [4.69, 9.17) is 15.9 Å². The Kier molecular flexibility index (Phi) is 3.97. The Morgan fingerprint density at radius 1 is 1.35 bits per heavy atom. The maximum atomic E-state index is 7.76. The first-order valence-corrected chi connectivity index (χ1v) is 6.49. The Balaban J connectivity index is 2.49. The van der Waals surface area contributed by atoms with Crippen LogP contribution in [0.5, 0.6) is 11.8 Å². The van der Waals surface area contributed by atoms with E-state index in [-0.39, 0.29) is 11.7 Å². The van der Waals surface area contributed by atoms with E-state index in [9.17, 15) is 0 Å². The lowest BCUT2D eigenvalue weighted by atomic mass is 10.0. The van der Waals surface area contributed by atoms with Crippen LogP contribution < -0.4 is 10.5 Å². The maximum Gasteiger partial charge on any atom is 0.252 e. The molecule has 0 bridgehead atoms. The predicted molar refractivity (Wildman–Crippen MR) is 75.2 cm³/mol. The van der Waals surface area contributed by atoms with Crippen LogP contribution in [0, 0.1) is 12.3 Å². The Morgan fingerprint density at radius 3 is 2.60 bits per heavy atom. The Hall–Kier alpha value is -2.44. The number of nitrogens with one attached hydrogen (secondary N) is 2. The standard InChI is InChI=1S/C13H18N6O/c1-4-8-9(5-2)17-19-13(11(8)12(14)15)20-10-6-7(3)16-18-10/h6H,4-5H2,1-3H3,(H3,14,15)(H,16,18). The number of H-pyrrole nitrogens is 1. The number of hydrogen-bond donors (Lipinski definition) is 3. The number of hydrogen-bond acceptors (Lipinski definition) is 5. The highest BCUT2D eigenvalue weighted by atomic mass is 16.5. The molecule has 0 aliphatic carbocycles. The fourth-order valence-electron chi connectivity index (χ4n) is 2.05. The summed E-state index contributed by atoms with van der Waals surface area (Å²) in [6.07, 6.45) is 1.45. The quantitative estimate of drug-likeness (QED) is 0.567.